The van der Waals surface area contributed by atoms with E-state index in [1.54, 1.807) is 0 Å². The molecular formula is C11H6Br3N3O5. The zero-order valence-electron chi connectivity index (χ0n) is 10.7. The number of nitro groups is 2. The van der Waals surface area contributed by atoms with Gasteiger partial charge in [-0.1, -0.05) is 47.8 Å². The lowest BCUT2D eigenvalue weighted by atomic mass is 10.1. The summed E-state index contributed by atoms with van der Waals surface area (Å²) >= 11 is 9.76. The van der Waals surface area contributed by atoms with Crippen LogP contribution in [0.1, 0.15) is 5.69 Å². The standard InChI is InChI=1S/C11H6Br3N3O5/c1-22-7-4-6(16(18)19)9-5(10(7)17(20)21)2-3-8(15-9)11(12,13)14/h2-4H,1H3. The first kappa shape index (κ1) is 17.0. The minimum atomic E-state index is -0.899. The molecule has 0 atom stereocenters. The molecule has 0 unspecified atom stereocenters. The molecule has 0 aliphatic heterocycles. The number of fused-ring (bicyclic) bond motifs is 1. The molecule has 8 nitrogen and oxygen atoms in total. The van der Waals surface area contributed by atoms with Crippen molar-refractivity contribution in [3.05, 3.63) is 44.1 Å². The quantitative estimate of drug-likeness (QED) is 0.353. The third-order valence-corrected chi connectivity index (χ3v) is 4.00. The van der Waals surface area contributed by atoms with Crippen LogP contribution in [0.5, 0.6) is 5.75 Å². The van der Waals surface area contributed by atoms with Crippen molar-refractivity contribution in [3.63, 3.8) is 0 Å². The number of nitrogens with zero attached hydrogens (tertiary/aromatic N) is 3. The van der Waals surface area contributed by atoms with E-state index < -0.39 is 12.0 Å². The first-order valence-corrected chi connectivity index (χ1v) is 7.92. The van der Waals surface area contributed by atoms with Gasteiger partial charge in [-0.05, 0) is 12.1 Å². The summed E-state index contributed by atoms with van der Waals surface area (Å²) in [5.41, 5.74) is -0.484. The predicted octanol–water partition coefficient (Wildman–Crippen LogP) is 4.35. The molecule has 0 radical (unpaired) electrons. The van der Waals surface area contributed by atoms with Crippen molar-refractivity contribution in [2.75, 3.05) is 7.11 Å². The normalized spacial score (nSPS) is 11.5. The number of non-ortho nitro benzene ring substituents is 1. The molecule has 2 rings (SSSR count). The SMILES string of the molecule is COc1cc([N+](=O)[O-])c2nc(C(Br)(Br)Br)ccc2c1[N+](=O)[O-]. The van der Waals surface area contributed by atoms with E-state index >= 15 is 0 Å². The van der Waals surface area contributed by atoms with E-state index in [1.807, 2.05) is 0 Å². The van der Waals surface area contributed by atoms with Crippen molar-refractivity contribution in [1.29, 1.82) is 0 Å². The zero-order valence-corrected chi connectivity index (χ0v) is 15.5. The molecule has 0 saturated carbocycles. The van der Waals surface area contributed by atoms with Crippen molar-refractivity contribution in [2.24, 2.45) is 0 Å². The Hall–Kier alpha value is -1.33. The highest BCUT2D eigenvalue weighted by Crippen LogP contribution is 2.46. The summed E-state index contributed by atoms with van der Waals surface area (Å²) in [6.45, 7) is 0. The van der Waals surface area contributed by atoms with Crippen LogP contribution >= 0.6 is 47.8 Å². The Labute approximate surface area is 148 Å². The summed E-state index contributed by atoms with van der Waals surface area (Å²) in [7, 11) is 1.21. The number of hydrogen-bond donors (Lipinski definition) is 0. The lowest BCUT2D eigenvalue weighted by Crippen LogP contribution is -2.04. The number of pyridine rings is 1. The van der Waals surface area contributed by atoms with Crippen molar-refractivity contribution in [1.82, 2.24) is 4.98 Å². The van der Waals surface area contributed by atoms with Gasteiger partial charge in [0.2, 0.25) is 5.75 Å². The lowest BCUT2D eigenvalue weighted by molar-refractivity contribution is -0.387. The van der Waals surface area contributed by atoms with Gasteiger partial charge in [0.25, 0.3) is 5.69 Å². The minimum Gasteiger partial charge on any atom is -0.490 e. The van der Waals surface area contributed by atoms with Crippen LogP contribution in [0.25, 0.3) is 10.9 Å². The van der Waals surface area contributed by atoms with Crippen molar-refractivity contribution in [2.45, 2.75) is 2.14 Å². The summed E-state index contributed by atoms with van der Waals surface area (Å²) in [6.07, 6.45) is 0. The smallest absolute Gasteiger partial charge is 0.320 e. The Morgan fingerprint density at radius 1 is 1.18 bits per heavy atom. The van der Waals surface area contributed by atoms with Gasteiger partial charge in [0.15, 0.2) is 7.66 Å². The molecule has 0 aliphatic carbocycles. The number of halogens is 3. The van der Waals surface area contributed by atoms with Crippen LogP contribution in [0.15, 0.2) is 18.2 Å². The second-order valence-electron chi connectivity index (χ2n) is 4.05. The Morgan fingerprint density at radius 2 is 1.82 bits per heavy atom. The van der Waals surface area contributed by atoms with Crippen LogP contribution in [0.2, 0.25) is 0 Å². The van der Waals surface area contributed by atoms with Gasteiger partial charge in [0.05, 0.1) is 34.1 Å². The topological polar surface area (TPSA) is 108 Å². The summed E-state index contributed by atoms with van der Waals surface area (Å²) in [6, 6.07) is 3.89. The molecule has 2 aromatic rings. The van der Waals surface area contributed by atoms with Gasteiger partial charge in [-0.25, -0.2) is 4.98 Å². The molecule has 1 aromatic heterocycles. The number of hydrogen-bond acceptors (Lipinski definition) is 6. The molecule has 22 heavy (non-hydrogen) atoms. The molecule has 0 N–H and O–H groups in total. The van der Waals surface area contributed by atoms with E-state index in [0.29, 0.717) is 5.69 Å². The van der Waals surface area contributed by atoms with Crippen LogP contribution in [0.3, 0.4) is 0 Å². The van der Waals surface area contributed by atoms with Crippen molar-refractivity contribution >= 4 is 70.1 Å². The molecule has 0 aliphatic rings. The van der Waals surface area contributed by atoms with Crippen LogP contribution in [-0.4, -0.2) is 21.9 Å². The third-order valence-electron chi connectivity index (χ3n) is 2.78. The van der Waals surface area contributed by atoms with Gasteiger partial charge in [0.1, 0.15) is 0 Å². The summed E-state index contributed by atoms with van der Waals surface area (Å²) < 4.78 is 4.00. The second kappa shape index (κ2) is 6.05. The van der Waals surface area contributed by atoms with Crippen LogP contribution in [-0.2, 0) is 2.14 Å². The molecule has 0 spiro atoms. The van der Waals surface area contributed by atoms with Gasteiger partial charge in [-0.2, -0.15) is 0 Å². The molecule has 0 amide bonds. The van der Waals surface area contributed by atoms with Crippen LogP contribution < -0.4 is 4.74 Å². The predicted molar refractivity (Wildman–Crippen MR) is 90.1 cm³/mol. The largest absolute Gasteiger partial charge is 0.490 e. The average molecular weight is 500 g/mol. The first-order chi connectivity index (χ1) is 10.2. The van der Waals surface area contributed by atoms with Gasteiger partial charge < -0.3 is 4.74 Å². The first-order valence-electron chi connectivity index (χ1n) is 5.54. The highest BCUT2D eigenvalue weighted by atomic mass is 80.0. The van der Waals surface area contributed by atoms with E-state index in [9.17, 15) is 20.2 Å². The number of benzene rings is 1. The molecule has 11 heteroatoms. The molecule has 1 aromatic carbocycles. The Morgan fingerprint density at radius 3 is 2.27 bits per heavy atom. The Bertz CT molecular complexity index is 791. The second-order valence-corrected chi connectivity index (χ2v) is 10.8. The maximum Gasteiger partial charge on any atom is 0.320 e. The zero-order chi connectivity index (χ0) is 16.7. The lowest BCUT2D eigenvalue weighted by Gasteiger charge is -2.12. The van der Waals surface area contributed by atoms with E-state index in [0.717, 1.165) is 6.07 Å². The fourth-order valence-corrected chi connectivity index (χ4v) is 2.54. The summed E-state index contributed by atoms with van der Waals surface area (Å²) in [4.78, 5) is 25.3. The van der Waals surface area contributed by atoms with Crippen LogP contribution in [0.4, 0.5) is 11.4 Å². The molecule has 116 valence electrons. The van der Waals surface area contributed by atoms with E-state index in [-0.39, 0.29) is 28.0 Å². The monoisotopic (exact) mass is 497 g/mol. The minimum absolute atomic E-state index is 0.0246. The fourth-order valence-electron chi connectivity index (χ4n) is 1.88. The maximum absolute atomic E-state index is 11.3. The van der Waals surface area contributed by atoms with Gasteiger partial charge in [-0.3, -0.25) is 20.2 Å². The van der Waals surface area contributed by atoms with Crippen LogP contribution in [0, 0.1) is 20.2 Å². The van der Waals surface area contributed by atoms with Gasteiger partial charge in [0, 0.05) is 0 Å². The highest BCUT2D eigenvalue weighted by molar-refractivity contribution is 9.38. The number of nitro benzene ring substituents is 2. The Balaban J connectivity index is 2.96. The summed E-state index contributed by atoms with van der Waals surface area (Å²) in [5.74, 6) is -0.193. The molecule has 1 heterocycles. The van der Waals surface area contributed by atoms with Gasteiger partial charge >= 0.3 is 5.69 Å². The van der Waals surface area contributed by atoms with Crippen molar-refractivity contribution < 1.29 is 14.6 Å². The van der Waals surface area contributed by atoms with E-state index in [1.165, 1.54) is 19.2 Å². The number of alkyl halides is 3. The molecular weight excluding hydrogens is 494 g/mol. The molecule has 0 saturated heterocycles. The Kier molecular flexibility index (Phi) is 4.68. The van der Waals surface area contributed by atoms with E-state index in [2.05, 4.69) is 52.8 Å². The number of ether oxygens (including phenoxy) is 1. The molecule has 0 bridgehead atoms. The maximum atomic E-state index is 11.3. The number of methoxy groups -OCH3 is 1. The van der Waals surface area contributed by atoms with Crippen molar-refractivity contribution in [3.8, 4) is 5.75 Å². The van der Waals surface area contributed by atoms with E-state index in [4.69, 9.17) is 4.74 Å². The average Bonchev–Trinajstić information content (AvgIpc) is 2.43. The number of aromatic nitrogens is 1. The van der Waals surface area contributed by atoms with Gasteiger partial charge in [-0.15, -0.1) is 0 Å². The highest BCUT2D eigenvalue weighted by Gasteiger charge is 2.30. The number of rotatable bonds is 3. The fraction of sp³-hybridized carbons (Fsp3) is 0.182. The third kappa shape index (κ3) is 3.06. The summed E-state index contributed by atoms with van der Waals surface area (Å²) in [5, 5.41) is 22.5. The molecule has 0 fully saturated rings.